The Bertz CT molecular complexity index is 2030. The molecule has 17 atom stereocenters. The van der Waals surface area contributed by atoms with Crippen LogP contribution in [0.4, 0.5) is 0 Å². The van der Waals surface area contributed by atoms with E-state index in [4.69, 9.17) is 28.4 Å². The van der Waals surface area contributed by atoms with Crippen LogP contribution < -0.4 is 5.32 Å². The SMILES string of the molecule is CCCCCCC/C=C\C/C=C\C/C=C\CCCCCCCCCCCCCCC(=O)NC(COC1OC(CO)C(OC2OC(CO)C(OC3OC(CO)C(O)C(O)C3O)C(O)C2O)C(O)C1O)C(O)CCCCCCCCCCCCCCCCCCCCCCCCCCCCCCCCCCC. The molecule has 0 radical (unpaired) electrons. The quantitative estimate of drug-likeness (QED) is 0.0199. The second-order valence-corrected chi connectivity index (χ2v) is 31.4. The first-order chi connectivity index (χ1) is 51.3. The topological polar surface area (TPSA) is 307 Å². The lowest BCUT2D eigenvalue weighted by Gasteiger charge is -2.48. The van der Waals surface area contributed by atoms with Crippen LogP contribution in [0.25, 0.3) is 0 Å². The fraction of sp³-hybridized carbons (Fsp3) is 0.919. The van der Waals surface area contributed by atoms with E-state index in [1.165, 1.54) is 276 Å². The molecule has 0 spiro atoms. The van der Waals surface area contributed by atoms with E-state index in [0.717, 1.165) is 64.2 Å². The summed E-state index contributed by atoms with van der Waals surface area (Å²) in [5, 5.41) is 121. The number of aliphatic hydroxyl groups is 11. The van der Waals surface area contributed by atoms with Crippen LogP contribution in [-0.4, -0.2) is 193 Å². The molecule has 3 fully saturated rings. The number of allylic oxidation sites excluding steroid dienone is 6. The van der Waals surface area contributed by atoms with Crippen LogP contribution in [0.15, 0.2) is 36.5 Å². The van der Waals surface area contributed by atoms with Crippen LogP contribution in [0.3, 0.4) is 0 Å². The minimum Gasteiger partial charge on any atom is -0.394 e. The summed E-state index contributed by atoms with van der Waals surface area (Å²) in [6.45, 7) is 1.85. The zero-order valence-electron chi connectivity index (χ0n) is 66.5. The fourth-order valence-corrected chi connectivity index (χ4v) is 15.0. The average Bonchev–Trinajstić information content (AvgIpc) is 0.781. The molecule has 3 saturated heterocycles. The Balaban J connectivity index is 1.34. The van der Waals surface area contributed by atoms with Crippen molar-refractivity contribution in [2.75, 3.05) is 26.4 Å². The lowest BCUT2D eigenvalue weighted by atomic mass is 9.96. The van der Waals surface area contributed by atoms with E-state index in [9.17, 15) is 61.0 Å². The maximum Gasteiger partial charge on any atom is 0.220 e. The lowest BCUT2D eigenvalue weighted by molar-refractivity contribution is -0.379. The molecule has 105 heavy (non-hydrogen) atoms. The Labute approximate surface area is 638 Å². The third-order valence-corrected chi connectivity index (χ3v) is 22.0. The van der Waals surface area contributed by atoms with Crippen molar-refractivity contribution in [1.82, 2.24) is 5.32 Å². The van der Waals surface area contributed by atoms with E-state index in [1.807, 2.05) is 0 Å². The smallest absolute Gasteiger partial charge is 0.220 e. The first kappa shape index (κ1) is 97.2. The monoisotopic (exact) mass is 1500 g/mol. The number of rotatable bonds is 71. The summed E-state index contributed by atoms with van der Waals surface area (Å²) in [5.74, 6) is -0.239. The Morgan fingerprint density at radius 1 is 0.343 bits per heavy atom. The standard InChI is InChI=1S/C86H161NO18/c1-3-5-7-9-11-13-15-17-19-21-23-25-27-29-31-32-33-34-35-36-38-39-41-43-45-47-49-51-53-55-57-59-61-63-70(91)69(87-74(92)64-62-60-58-56-54-52-50-48-46-44-42-40-37-30-28-26-24-22-20-18-16-14-12-10-8-6-4-2)68-100-84-80(98)77(95)82(72(66-89)102-84)105-86-81(99)78(96)83(73(67-90)103-86)104-85-79(97)76(94)75(93)71(65-88)101-85/h16,18,22,24,28,30,69-73,75-86,88-91,93-99H,3-15,17,19-21,23,25-27,29,31-68H2,1-2H3,(H,87,92)/b18-16-,24-22-,30-28-. The normalized spacial score (nSPS) is 25.9. The molecular weight excluding hydrogens is 1330 g/mol. The van der Waals surface area contributed by atoms with Crippen LogP contribution in [0.1, 0.15) is 373 Å². The van der Waals surface area contributed by atoms with Crippen LogP contribution in [0, 0.1) is 0 Å². The molecule has 1 amide bonds. The summed E-state index contributed by atoms with van der Waals surface area (Å²) in [5.41, 5.74) is 0. The molecule has 19 nitrogen and oxygen atoms in total. The Morgan fingerprint density at radius 2 is 0.629 bits per heavy atom. The minimum absolute atomic E-state index is 0.239. The van der Waals surface area contributed by atoms with Crippen molar-refractivity contribution in [2.45, 2.75) is 478 Å². The molecule has 0 bridgehead atoms. The Hall–Kier alpha value is -1.99. The second kappa shape index (κ2) is 66.6. The van der Waals surface area contributed by atoms with Crippen LogP contribution >= 0.6 is 0 Å². The van der Waals surface area contributed by atoms with Crippen molar-refractivity contribution in [3.8, 4) is 0 Å². The van der Waals surface area contributed by atoms with E-state index >= 15 is 0 Å². The maximum atomic E-state index is 13.5. The number of carbonyl (C=O) groups is 1. The number of aliphatic hydroxyl groups excluding tert-OH is 11. The van der Waals surface area contributed by atoms with Crippen LogP contribution in [0.2, 0.25) is 0 Å². The molecule has 618 valence electrons. The van der Waals surface area contributed by atoms with Crippen LogP contribution in [-0.2, 0) is 33.2 Å². The molecule has 3 heterocycles. The fourth-order valence-electron chi connectivity index (χ4n) is 15.0. The van der Waals surface area contributed by atoms with Gasteiger partial charge in [0.1, 0.15) is 73.2 Å². The van der Waals surface area contributed by atoms with Crippen molar-refractivity contribution in [1.29, 1.82) is 0 Å². The van der Waals surface area contributed by atoms with E-state index in [2.05, 4.69) is 55.6 Å². The number of carbonyl (C=O) groups excluding carboxylic acids is 1. The number of amides is 1. The molecular formula is C86H161NO18. The van der Waals surface area contributed by atoms with Gasteiger partial charge in [0.15, 0.2) is 18.9 Å². The molecule has 0 aromatic rings. The van der Waals surface area contributed by atoms with Gasteiger partial charge in [-0.2, -0.15) is 0 Å². The van der Waals surface area contributed by atoms with Crippen LogP contribution in [0.5, 0.6) is 0 Å². The third kappa shape index (κ3) is 46.0. The number of unbranched alkanes of at least 4 members (excludes halogenated alkanes) is 49. The highest BCUT2D eigenvalue weighted by Crippen LogP contribution is 2.34. The highest BCUT2D eigenvalue weighted by atomic mass is 16.8. The van der Waals surface area contributed by atoms with Gasteiger partial charge in [-0.05, 0) is 51.4 Å². The Morgan fingerprint density at radius 3 is 0.981 bits per heavy atom. The van der Waals surface area contributed by atoms with E-state index in [1.54, 1.807) is 0 Å². The van der Waals surface area contributed by atoms with Gasteiger partial charge in [0.25, 0.3) is 0 Å². The number of hydrogen-bond acceptors (Lipinski definition) is 18. The summed E-state index contributed by atoms with van der Waals surface area (Å²) in [6.07, 6.45) is 56.7. The summed E-state index contributed by atoms with van der Waals surface area (Å²) in [4.78, 5) is 13.5. The Kier molecular flexibility index (Phi) is 61.7. The first-order valence-electron chi connectivity index (χ1n) is 43.7. The highest BCUT2D eigenvalue weighted by molar-refractivity contribution is 5.76. The summed E-state index contributed by atoms with van der Waals surface area (Å²) in [6, 6.07) is -0.891. The van der Waals surface area contributed by atoms with Gasteiger partial charge < -0.3 is 89.9 Å². The number of hydrogen-bond donors (Lipinski definition) is 12. The summed E-state index contributed by atoms with van der Waals surface area (Å²) >= 11 is 0. The molecule has 3 aliphatic rings. The van der Waals surface area contributed by atoms with Gasteiger partial charge in [-0.25, -0.2) is 0 Å². The molecule has 0 saturated carbocycles. The second-order valence-electron chi connectivity index (χ2n) is 31.4. The number of nitrogens with one attached hydrogen (secondary N) is 1. The predicted molar refractivity (Wildman–Crippen MR) is 420 cm³/mol. The highest BCUT2D eigenvalue weighted by Gasteiger charge is 2.54. The van der Waals surface area contributed by atoms with Gasteiger partial charge in [0, 0.05) is 6.42 Å². The van der Waals surface area contributed by atoms with Crippen molar-refractivity contribution >= 4 is 5.91 Å². The molecule has 17 unspecified atom stereocenters. The lowest BCUT2D eigenvalue weighted by Crippen LogP contribution is -2.66. The van der Waals surface area contributed by atoms with Gasteiger partial charge in [-0.15, -0.1) is 0 Å². The van der Waals surface area contributed by atoms with Crippen molar-refractivity contribution in [3.63, 3.8) is 0 Å². The van der Waals surface area contributed by atoms with Crippen molar-refractivity contribution < 1.29 is 89.4 Å². The zero-order chi connectivity index (χ0) is 76.0. The van der Waals surface area contributed by atoms with Gasteiger partial charge in [0.2, 0.25) is 5.91 Å². The number of ether oxygens (including phenoxy) is 6. The van der Waals surface area contributed by atoms with E-state index < -0.39 is 124 Å². The molecule has 12 N–H and O–H groups in total. The predicted octanol–water partition coefficient (Wildman–Crippen LogP) is 15.9. The molecule has 0 aliphatic carbocycles. The van der Waals surface area contributed by atoms with Gasteiger partial charge in [0.05, 0.1) is 38.6 Å². The molecule has 0 aromatic carbocycles. The zero-order valence-corrected chi connectivity index (χ0v) is 66.5. The van der Waals surface area contributed by atoms with Crippen molar-refractivity contribution in [2.24, 2.45) is 0 Å². The van der Waals surface area contributed by atoms with E-state index in [0.29, 0.717) is 12.8 Å². The summed E-state index contributed by atoms with van der Waals surface area (Å²) in [7, 11) is 0. The molecule has 0 aromatic heterocycles. The molecule has 19 heteroatoms. The molecule has 3 aliphatic heterocycles. The maximum absolute atomic E-state index is 13.5. The largest absolute Gasteiger partial charge is 0.394 e. The van der Waals surface area contributed by atoms with E-state index in [-0.39, 0.29) is 18.9 Å². The third-order valence-electron chi connectivity index (χ3n) is 22.0. The molecule has 3 rings (SSSR count). The van der Waals surface area contributed by atoms with Gasteiger partial charge in [-0.3, -0.25) is 4.79 Å². The summed E-state index contributed by atoms with van der Waals surface area (Å²) < 4.78 is 34.6. The van der Waals surface area contributed by atoms with Gasteiger partial charge >= 0.3 is 0 Å². The average molecular weight is 1500 g/mol. The van der Waals surface area contributed by atoms with Gasteiger partial charge in [-0.1, -0.05) is 352 Å². The van der Waals surface area contributed by atoms with Crippen molar-refractivity contribution in [3.05, 3.63) is 36.5 Å². The minimum atomic E-state index is -1.97. The first-order valence-corrected chi connectivity index (χ1v) is 43.7.